The van der Waals surface area contributed by atoms with E-state index in [1.807, 2.05) is 18.7 Å². The van der Waals surface area contributed by atoms with E-state index in [4.69, 9.17) is 14.5 Å². The molecule has 2 rings (SSSR count). The third-order valence-corrected chi connectivity index (χ3v) is 3.72. The van der Waals surface area contributed by atoms with E-state index in [2.05, 4.69) is 25.2 Å². The van der Waals surface area contributed by atoms with E-state index < -0.39 is 13.9 Å². The van der Waals surface area contributed by atoms with Gasteiger partial charge in [-0.3, -0.25) is 4.57 Å². The molecule has 0 saturated heterocycles. The molecule has 0 bridgehead atoms. The van der Waals surface area contributed by atoms with Crippen LogP contribution in [0.1, 0.15) is 6.42 Å². The molecule has 0 atom stereocenters. The highest BCUT2D eigenvalue weighted by Gasteiger charge is 2.13. The summed E-state index contributed by atoms with van der Waals surface area (Å²) in [5, 5.41) is 3.25. The summed E-state index contributed by atoms with van der Waals surface area (Å²) < 4.78 is 17.5. The zero-order chi connectivity index (χ0) is 17.6. The van der Waals surface area contributed by atoms with Crippen molar-refractivity contribution in [3.05, 3.63) is 12.7 Å². The van der Waals surface area contributed by atoms with Gasteiger partial charge < -0.3 is 29.3 Å². The Morgan fingerprint density at radius 2 is 2.12 bits per heavy atom. The molecular weight excluding hydrogens is 335 g/mol. The fourth-order valence-electron chi connectivity index (χ4n) is 2.09. The smallest absolute Gasteiger partial charge is 0.350 e. The van der Waals surface area contributed by atoms with Crippen molar-refractivity contribution in [1.29, 1.82) is 0 Å². The Morgan fingerprint density at radius 1 is 1.33 bits per heavy atom. The Morgan fingerprint density at radius 3 is 2.83 bits per heavy atom. The molecule has 24 heavy (non-hydrogen) atoms. The Labute approximate surface area is 140 Å². The number of ether oxygens (including phenoxy) is 1. The molecule has 0 fully saturated rings. The molecule has 134 valence electrons. The van der Waals surface area contributed by atoms with Gasteiger partial charge in [-0.15, -0.1) is 0 Å². The number of rotatable bonds is 10. The van der Waals surface area contributed by atoms with E-state index in [0.29, 0.717) is 29.9 Å². The van der Waals surface area contributed by atoms with Gasteiger partial charge in [0.15, 0.2) is 11.5 Å². The van der Waals surface area contributed by atoms with Crippen LogP contribution in [-0.2, 0) is 15.8 Å². The van der Waals surface area contributed by atoms with E-state index in [1.54, 1.807) is 6.33 Å². The minimum atomic E-state index is -4.10. The number of hydrogen-bond donors (Lipinski definition) is 3. The summed E-state index contributed by atoms with van der Waals surface area (Å²) in [7, 11) is -0.102. The van der Waals surface area contributed by atoms with Crippen LogP contribution in [0.15, 0.2) is 12.7 Å². The molecule has 0 aromatic carbocycles. The van der Waals surface area contributed by atoms with Crippen LogP contribution in [-0.4, -0.2) is 74.3 Å². The topological polar surface area (TPSA) is 126 Å². The molecule has 0 aliphatic carbocycles. The van der Waals surface area contributed by atoms with E-state index in [9.17, 15) is 4.57 Å². The highest BCUT2D eigenvalue weighted by Crippen LogP contribution is 2.33. The monoisotopic (exact) mass is 358 g/mol. The molecule has 11 heteroatoms. The number of aryl methyl sites for hydroxylation is 1. The van der Waals surface area contributed by atoms with Crippen molar-refractivity contribution >= 4 is 24.6 Å². The average molecular weight is 358 g/mol. The van der Waals surface area contributed by atoms with Gasteiger partial charge in [0.05, 0.1) is 6.33 Å². The maximum atomic E-state index is 10.7. The highest BCUT2D eigenvalue weighted by molar-refractivity contribution is 7.51. The van der Waals surface area contributed by atoms with Crippen LogP contribution in [0.4, 0.5) is 5.82 Å². The van der Waals surface area contributed by atoms with E-state index in [-0.39, 0.29) is 6.61 Å². The maximum Gasteiger partial charge on any atom is 0.350 e. The number of likely N-dealkylation sites (N-methyl/N-ethyl adjacent to an activating group) is 1. The lowest BCUT2D eigenvalue weighted by atomic mass is 10.4. The molecule has 0 aliphatic rings. The summed E-state index contributed by atoms with van der Waals surface area (Å²) in [6.07, 6.45) is 3.21. The zero-order valence-corrected chi connectivity index (χ0v) is 14.7. The van der Waals surface area contributed by atoms with Crippen molar-refractivity contribution in [3.8, 4) is 0 Å². The number of nitrogens with zero attached hydrogens (tertiary/aromatic N) is 5. The summed E-state index contributed by atoms with van der Waals surface area (Å²) >= 11 is 0. The number of nitrogens with one attached hydrogen (secondary N) is 1. The lowest BCUT2D eigenvalue weighted by Gasteiger charge is -2.11. The molecule has 0 spiro atoms. The summed E-state index contributed by atoms with van der Waals surface area (Å²) in [4.78, 5) is 32.3. The van der Waals surface area contributed by atoms with Crippen LogP contribution in [0.2, 0.25) is 0 Å². The van der Waals surface area contributed by atoms with Gasteiger partial charge in [0.25, 0.3) is 0 Å². The number of fused-ring (bicyclic) bond motifs is 1. The van der Waals surface area contributed by atoms with Crippen molar-refractivity contribution in [3.63, 3.8) is 0 Å². The Bertz CT molecular complexity index is 701. The van der Waals surface area contributed by atoms with Crippen molar-refractivity contribution < 1.29 is 19.1 Å². The predicted molar refractivity (Wildman–Crippen MR) is 89.8 cm³/mol. The first-order valence-corrected chi connectivity index (χ1v) is 9.33. The Hall–Kier alpha value is -1.58. The molecule has 0 amide bonds. The van der Waals surface area contributed by atoms with Crippen LogP contribution in [0.25, 0.3) is 11.2 Å². The molecule has 0 saturated carbocycles. The molecule has 2 aromatic rings. The Balaban J connectivity index is 1.91. The van der Waals surface area contributed by atoms with Crippen LogP contribution < -0.4 is 5.32 Å². The quantitative estimate of drug-likeness (QED) is 0.407. The van der Waals surface area contributed by atoms with Gasteiger partial charge in [-0.25, -0.2) is 15.0 Å². The van der Waals surface area contributed by atoms with Crippen molar-refractivity contribution in [2.45, 2.75) is 13.0 Å². The number of imidazole rings is 1. The number of anilines is 1. The molecule has 3 N–H and O–H groups in total. The molecule has 10 nitrogen and oxygen atoms in total. The first kappa shape index (κ1) is 18.8. The van der Waals surface area contributed by atoms with Gasteiger partial charge in [0, 0.05) is 26.2 Å². The minimum absolute atomic E-state index is 0.254. The lowest BCUT2D eigenvalue weighted by Crippen LogP contribution is -2.21. The first-order chi connectivity index (χ1) is 11.4. The Kier molecular flexibility index (Phi) is 6.64. The maximum absolute atomic E-state index is 10.7. The van der Waals surface area contributed by atoms with Crippen molar-refractivity contribution in [1.82, 2.24) is 24.4 Å². The summed E-state index contributed by atoms with van der Waals surface area (Å²) in [5.41, 5.74) is 1.42. The van der Waals surface area contributed by atoms with Gasteiger partial charge in [-0.2, -0.15) is 0 Å². The second kappa shape index (κ2) is 8.50. The number of aromatic nitrogens is 4. The van der Waals surface area contributed by atoms with E-state index in [0.717, 1.165) is 13.1 Å². The van der Waals surface area contributed by atoms with Gasteiger partial charge in [0.2, 0.25) is 0 Å². The van der Waals surface area contributed by atoms with E-state index >= 15 is 0 Å². The SMILES string of the molecule is CN(C)CCNc1ncnc2c1ncn2CCCOCP(=O)(O)O. The predicted octanol–water partition coefficient (Wildman–Crippen LogP) is 0.342. The normalized spacial score (nSPS) is 12.2. The van der Waals surface area contributed by atoms with Crippen molar-refractivity contribution in [2.75, 3.05) is 45.5 Å². The molecule has 0 aliphatic heterocycles. The van der Waals surface area contributed by atoms with Gasteiger partial charge in [-0.05, 0) is 20.5 Å². The third-order valence-electron chi connectivity index (χ3n) is 3.20. The molecule has 0 unspecified atom stereocenters. The molecule has 2 heterocycles. The summed E-state index contributed by atoms with van der Waals surface area (Å²) in [6.45, 7) is 2.47. The largest absolute Gasteiger partial charge is 0.369 e. The first-order valence-electron chi connectivity index (χ1n) is 7.53. The second-order valence-corrected chi connectivity index (χ2v) is 7.21. The lowest BCUT2D eigenvalue weighted by molar-refractivity contribution is 0.151. The fraction of sp³-hybridized carbons (Fsp3) is 0.615. The molecule has 0 radical (unpaired) electrons. The highest BCUT2D eigenvalue weighted by atomic mass is 31.2. The summed E-state index contributed by atoms with van der Waals surface area (Å²) in [6, 6.07) is 0. The van der Waals surface area contributed by atoms with Crippen LogP contribution in [0.5, 0.6) is 0 Å². The van der Waals surface area contributed by atoms with E-state index in [1.165, 1.54) is 6.33 Å². The molecule has 2 aromatic heterocycles. The average Bonchev–Trinajstić information content (AvgIpc) is 2.89. The van der Waals surface area contributed by atoms with Crippen molar-refractivity contribution in [2.24, 2.45) is 0 Å². The minimum Gasteiger partial charge on any atom is -0.369 e. The molecular formula is C13H23N6O4P. The van der Waals surface area contributed by atoms with Crippen LogP contribution in [0.3, 0.4) is 0 Å². The summed E-state index contributed by atoms with van der Waals surface area (Å²) in [5.74, 6) is 0.693. The zero-order valence-electron chi connectivity index (χ0n) is 13.8. The fourth-order valence-corrected chi connectivity index (χ4v) is 2.46. The van der Waals surface area contributed by atoms with Gasteiger partial charge in [-0.1, -0.05) is 0 Å². The van der Waals surface area contributed by atoms with Crippen LogP contribution >= 0.6 is 7.60 Å². The third kappa shape index (κ3) is 5.81. The van der Waals surface area contributed by atoms with Gasteiger partial charge in [0.1, 0.15) is 18.2 Å². The standard InChI is InChI=1S/C13H23N6O4P/c1-18(2)6-4-14-12-11-13(16-8-15-12)19(9-17-11)5-3-7-23-10-24(20,21)22/h8-9H,3-7,10H2,1-2H3,(H,14,15,16)(H2,20,21,22). The second-order valence-electron chi connectivity index (χ2n) is 5.62. The van der Waals surface area contributed by atoms with Gasteiger partial charge >= 0.3 is 7.60 Å². The number of hydrogen-bond acceptors (Lipinski definition) is 7. The van der Waals surface area contributed by atoms with Crippen LogP contribution in [0, 0.1) is 0 Å².